The molecule has 1 heterocycles. The summed E-state index contributed by atoms with van der Waals surface area (Å²) in [5.74, 6) is 1.06. The van der Waals surface area contributed by atoms with Crippen LogP contribution in [0.1, 0.15) is 37.4 Å². The molecule has 3 heteroatoms. The normalized spacial score (nSPS) is 15.2. The van der Waals surface area contributed by atoms with E-state index in [1.54, 1.807) is 0 Å². The molecule has 2 rings (SSSR count). The topological polar surface area (TPSA) is 30.5 Å². The van der Waals surface area contributed by atoms with E-state index in [9.17, 15) is 0 Å². The summed E-state index contributed by atoms with van der Waals surface area (Å²) >= 11 is 0. The van der Waals surface area contributed by atoms with E-state index in [2.05, 4.69) is 30.4 Å². The van der Waals surface area contributed by atoms with Gasteiger partial charge in [-0.25, -0.2) is 0 Å². The van der Waals surface area contributed by atoms with Gasteiger partial charge in [-0.05, 0) is 44.0 Å². The van der Waals surface area contributed by atoms with Crippen molar-refractivity contribution in [3.05, 3.63) is 29.3 Å². The average Bonchev–Trinajstić information content (AvgIpc) is 2.85. The number of benzene rings is 1. The highest BCUT2D eigenvalue weighted by Gasteiger charge is 2.14. The second-order valence-electron chi connectivity index (χ2n) is 4.69. The molecule has 0 aromatic heterocycles. The Balaban J connectivity index is 1.80. The van der Waals surface area contributed by atoms with E-state index in [-0.39, 0.29) is 0 Å². The molecular weight excluding hydrogens is 226 g/mol. The minimum atomic E-state index is 0.387. The number of fused-ring (bicyclic) bond motifs is 1. The molecule has 1 aromatic rings. The zero-order valence-electron chi connectivity index (χ0n) is 11.4. The van der Waals surface area contributed by atoms with Gasteiger partial charge in [-0.15, -0.1) is 0 Å². The Hall–Kier alpha value is -1.06. The van der Waals surface area contributed by atoms with Crippen LogP contribution >= 0.6 is 0 Å². The molecule has 1 N–H and O–H groups in total. The molecule has 0 saturated heterocycles. The first-order valence-electron chi connectivity index (χ1n) is 6.88. The molecule has 0 fully saturated rings. The average molecular weight is 249 g/mol. The summed E-state index contributed by atoms with van der Waals surface area (Å²) in [5.41, 5.74) is 2.69. The minimum absolute atomic E-state index is 0.387. The number of hydrogen-bond donors (Lipinski definition) is 1. The van der Waals surface area contributed by atoms with Crippen LogP contribution < -0.4 is 10.1 Å². The third kappa shape index (κ3) is 3.47. The lowest BCUT2D eigenvalue weighted by atomic mass is 10.0. The Morgan fingerprint density at radius 1 is 1.44 bits per heavy atom. The van der Waals surface area contributed by atoms with E-state index in [1.807, 2.05) is 6.92 Å². The number of hydrogen-bond acceptors (Lipinski definition) is 3. The molecule has 0 amide bonds. The summed E-state index contributed by atoms with van der Waals surface area (Å²) in [4.78, 5) is 0. The smallest absolute Gasteiger partial charge is 0.122 e. The van der Waals surface area contributed by atoms with Crippen LogP contribution in [-0.4, -0.2) is 26.4 Å². The molecule has 100 valence electrons. The molecule has 0 radical (unpaired) electrons. The van der Waals surface area contributed by atoms with Gasteiger partial charge in [-0.2, -0.15) is 0 Å². The second-order valence-corrected chi connectivity index (χ2v) is 4.69. The number of ether oxygens (including phenoxy) is 2. The predicted molar refractivity (Wildman–Crippen MR) is 73.2 cm³/mol. The standard InChI is InChI=1S/C15H23NO2/c1-3-17-9-4-8-16-12(2)13-5-6-15-14(11-13)7-10-18-15/h5-6,11-12,16H,3-4,7-10H2,1-2H3. The molecule has 1 unspecified atom stereocenters. The molecule has 1 aliphatic heterocycles. The first kappa shape index (κ1) is 13.4. The van der Waals surface area contributed by atoms with Crippen molar-refractivity contribution in [2.24, 2.45) is 0 Å². The monoisotopic (exact) mass is 249 g/mol. The van der Waals surface area contributed by atoms with Crippen LogP contribution in [0.25, 0.3) is 0 Å². The van der Waals surface area contributed by atoms with Crippen molar-refractivity contribution < 1.29 is 9.47 Å². The van der Waals surface area contributed by atoms with Crippen LogP contribution in [0.15, 0.2) is 18.2 Å². The van der Waals surface area contributed by atoms with Gasteiger partial charge in [0, 0.05) is 25.7 Å². The Bertz CT molecular complexity index is 379. The molecule has 1 aliphatic rings. The van der Waals surface area contributed by atoms with Crippen LogP contribution in [-0.2, 0) is 11.2 Å². The van der Waals surface area contributed by atoms with Gasteiger partial charge in [-0.3, -0.25) is 0 Å². The second kappa shape index (κ2) is 6.76. The van der Waals surface area contributed by atoms with Gasteiger partial charge in [0.15, 0.2) is 0 Å². The van der Waals surface area contributed by atoms with Crippen LogP contribution in [0, 0.1) is 0 Å². The fourth-order valence-corrected chi connectivity index (χ4v) is 2.23. The van der Waals surface area contributed by atoms with E-state index in [1.165, 1.54) is 11.1 Å². The Labute approximate surface area is 109 Å². The molecule has 0 aliphatic carbocycles. The molecule has 0 saturated carbocycles. The highest BCUT2D eigenvalue weighted by molar-refractivity contribution is 5.40. The fraction of sp³-hybridized carbons (Fsp3) is 0.600. The Morgan fingerprint density at radius 2 is 2.33 bits per heavy atom. The highest BCUT2D eigenvalue weighted by atomic mass is 16.5. The van der Waals surface area contributed by atoms with Gasteiger partial charge in [0.2, 0.25) is 0 Å². The first-order chi connectivity index (χ1) is 8.81. The lowest BCUT2D eigenvalue weighted by Crippen LogP contribution is -2.21. The van der Waals surface area contributed by atoms with E-state index in [0.717, 1.165) is 45.0 Å². The molecule has 0 spiro atoms. The largest absolute Gasteiger partial charge is 0.493 e. The first-order valence-corrected chi connectivity index (χ1v) is 6.88. The van der Waals surface area contributed by atoms with Crippen molar-refractivity contribution in [3.63, 3.8) is 0 Å². The van der Waals surface area contributed by atoms with Gasteiger partial charge in [0.25, 0.3) is 0 Å². The van der Waals surface area contributed by atoms with Crippen LogP contribution in [0.5, 0.6) is 5.75 Å². The van der Waals surface area contributed by atoms with Gasteiger partial charge in [-0.1, -0.05) is 12.1 Å². The Morgan fingerprint density at radius 3 is 3.17 bits per heavy atom. The molecule has 18 heavy (non-hydrogen) atoms. The maximum atomic E-state index is 5.52. The van der Waals surface area contributed by atoms with Crippen molar-refractivity contribution >= 4 is 0 Å². The molecule has 1 atom stereocenters. The molecular formula is C15H23NO2. The quantitative estimate of drug-likeness (QED) is 0.754. The number of nitrogens with one attached hydrogen (secondary N) is 1. The van der Waals surface area contributed by atoms with Crippen LogP contribution in [0.3, 0.4) is 0 Å². The van der Waals surface area contributed by atoms with Crippen LogP contribution in [0.2, 0.25) is 0 Å². The summed E-state index contributed by atoms with van der Waals surface area (Å²) in [6, 6.07) is 6.90. The lowest BCUT2D eigenvalue weighted by molar-refractivity contribution is 0.144. The van der Waals surface area contributed by atoms with E-state index in [4.69, 9.17) is 9.47 Å². The van der Waals surface area contributed by atoms with Crippen molar-refractivity contribution in [2.45, 2.75) is 32.7 Å². The van der Waals surface area contributed by atoms with Crippen molar-refractivity contribution in [1.82, 2.24) is 5.32 Å². The summed E-state index contributed by atoms with van der Waals surface area (Å²) in [6.45, 7) is 7.71. The predicted octanol–water partition coefficient (Wildman–Crippen LogP) is 2.70. The highest BCUT2D eigenvalue weighted by Crippen LogP contribution is 2.27. The summed E-state index contributed by atoms with van der Waals surface area (Å²) in [6.07, 6.45) is 2.10. The van der Waals surface area contributed by atoms with Gasteiger partial charge >= 0.3 is 0 Å². The zero-order valence-corrected chi connectivity index (χ0v) is 11.4. The fourth-order valence-electron chi connectivity index (χ4n) is 2.23. The van der Waals surface area contributed by atoms with Crippen molar-refractivity contribution in [2.75, 3.05) is 26.4 Å². The van der Waals surface area contributed by atoms with Crippen molar-refractivity contribution in [3.8, 4) is 5.75 Å². The lowest BCUT2D eigenvalue weighted by Gasteiger charge is -2.15. The SMILES string of the molecule is CCOCCCNC(C)c1ccc2c(c1)CCO2. The maximum Gasteiger partial charge on any atom is 0.122 e. The van der Waals surface area contributed by atoms with Crippen molar-refractivity contribution in [1.29, 1.82) is 0 Å². The summed E-state index contributed by atoms with van der Waals surface area (Å²) < 4.78 is 10.8. The van der Waals surface area contributed by atoms with E-state index < -0.39 is 0 Å². The summed E-state index contributed by atoms with van der Waals surface area (Å²) in [7, 11) is 0. The maximum absolute atomic E-state index is 5.52. The van der Waals surface area contributed by atoms with Gasteiger partial charge in [0.1, 0.15) is 5.75 Å². The van der Waals surface area contributed by atoms with Gasteiger partial charge < -0.3 is 14.8 Å². The molecule has 0 bridgehead atoms. The number of rotatable bonds is 7. The summed E-state index contributed by atoms with van der Waals surface area (Å²) in [5, 5.41) is 3.53. The Kier molecular flexibility index (Phi) is 5.02. The molecule has 1 aromatic carbocycles. The third-order valence-corrected chi connectivity index (χ3v) is 3.33. The van der Waals surface area contributed by atoms with E-state index in [0.29, 0.717) is 6.04 Å². The van der Waals surface area contributed by atoms with E-state index >= 15 is 0 Å². The van der Waals surface area contributed by atoms with Gasteiger partial charge in [0.05, 0.1) is 6.61 Å². The minimum Gasteiger partial charge on any atom is -0.493 e. The zero-order chi connectivity index (χ0) is 12.8. The van der Waals surface area contributed by atoms with Crippen LogP contribution in [0.4, 0.5) is 0 Å². The third-order valence-electron chi connectivity index (χ3n) is 3.33. The molecule has 3 nitrogen and oxygen atoms in total.